The highest BCUT2D eigenvalue weighted by molar-refractivity contribution is 9.10. The van der Waals surface area contributed by atoms with E-state index in [0.29, 0.717) is 6.54 Å². The molecule has 0 aliphatic rings. The summed E-state index contributed by atoms with van der Waals surface area (Å²) in [6.45, 7) is 3.51. The molecule has 1 rings (SSSR count). The molecule has 0 spiro atoms. The van der Waals surface area contributed by atoms with Crippen LogP contribution in [0.3, 0.4) is 0 Å². The Morgan fingerprint density at radius 2 is 1.95 bits per heavy atom. The largest absolute Gasteiger partial charge is 0.396 e. The molecule has 1 aromatic carbocycles. The maximum Gasteiger partial charge on any atom is 0.234 e. The molecule has 21 heavy (non-hydrogen) atoms. The predicted molar refractivity (Wildman–Crippen MR) is 89.1 cm³/mol. The topological polar surface area (TPSA) is 52.6 Å². The molecule has 4 nitrogen and oxygen atoms in total. The molecule has 0 saturated carbocycles. The van der Waals surface area contributed by atoms with Crippen LogP contribution >= 0.6 is 15.9 Å². The molecule has 2 N–H and O–H groups in total. The molecule has 0 aliphatic carbocycles. The van der Waals surface area contributed by atoms with Gasteiger partial charge in [0, 0.05) is 11.1 Å². The molecule has 0 aromatic heterocycles. The quantitative estimate of drug-likeness (QED) is 0.669. The first kappa shape index (κ1) is 18.1. The van der Waals surface area contributed by atoms with E-state index in [9.17, 15) is 4.79 Å². The van der Waals surface area contributed by atoms with Crippen LogP contribution in [0.2, 0.25) is 0 Å². The number of nitrogens with zero attached hydrogens (tertiary/aromatic N) is 1. The van der Waals surface area contributed by atoms with Gasteiger partial charge in [-0.3, -0.25) is 9.69 Å². The smallest absolute Gasteiger partial charge is 0.234 e. The number of benzene rings is 1. The lowest BCUT2D eigenvalue weighted by Gasteiger charge is -2.19. The standard InChI is InChI=1S/C16H25BrN2O2/c1-13(14-6-8-15(17)9-7-14)18-16(21)12-19(2)10-4-3-5-11-20/h6-9,13,20H,3-5,10-12H2,1-2H3,(H,18,21). The van der Waals surface area contributed by atoms with Crippen molar-refractivity contribution in [1.82, 2.24) is 10.2 Å². The van der Waals surface area contributed by atoms with Gasteiger partial charge in [-0.05, 0) is 57.5 Å². The Labute approximate surface area is 135 Å². The van der Waals surface area contributed by atoms with E-state index in [1.807, 2.05) is 43.1 Å². The van der Waals surface area contributed by atoms with Crippen molar-refractivity contribution in [3.63, 3.8) is 0 Å². The highest BCUT2D eigenvalue weighted by Gasteiger charge is 2.11. The number of unbranched alkanes of at least 4 members (excludes halogenated alkanes) is 2. The number of carbonyl (C=O) groups excluding carboxylic acids is 1. The number of aliphatic hydroxyl groups excluding tert-OH is 1. The van der Waals surface area contributed by atoms with Crippen molar-refractivity contribution in [2.24, 2.45) is 0 Å². The lowest BCUT2D eigenvalue weighted by Crippen LogP contribution is -2.36. The van der Waals surface area contributed by atoms with E-state index < -0.39 is 0 Å². The summed E-state index contributed by atoms with van der Waals surface area (Å²) in [7, 11) is 1.95. The molecule has 0 saturated heterocycles. The van der Waals surface area contributed by atoms with Crippen LogP contribution in [0.15, 0.2) is 28.7 Å². The van der Waals surface area contributed by atoms with Crippen LogP contribution in [0.1, 0.15) is 37.8 Å². The zero-order valence-electron chi connectivity index (χ0n) is 12.8. The Kier molecular flexibility index (Phi) is 8.57. The van der Waals surface area contributed by atoms with E-state index in [1.54, 1.807) is 0 Å². The van der Waals surface area contributed by atoms with Crippen LogP contribution in [0, 0.1) is 0 Å². The summed E-state index contributed by atoms with van der Waals surface area (Å²) in [6.07, 6.45) is 2.84. The molecule has 118 valence electrons. The molecule has 1 aromatic rings. The van der Waals surface area contributed by atoms with Crippen molar-refractivity contribution in [3.05, 3.63) is 34.3 Å². The van der Waals surface area contributed by atoms with E-state index in [4.69, 9.17) is 5.11 Å². The van der Waals surface area contributed by atoms with E-state index in [-0.39, 0.29) is 18.6 Å². The summed E-state index contributed by atoms with van der Waals surface area (Å²) in [4.78, 5) is 14.0. The SMILES string of the molecule is CC(NC(=O)CN(C)CCCCCO)c1ccc(Br)cc1. The fourth-order valence-corrected chi connectivity index (χ4v) is 2.38. The van der Waals surface area contributed by atoms with Crippen LogP contribution in [-0.2, 0) is 4.79 Å². The average Bonchev–Trinajstić information content (AvgIpc) is 2.44. The van der Waals surface area contributed by atoms with Gasteiger partial charge in [-0.15, -0.1) is 0 Å². The van der Waals surface area contributed by atoms with Crippen LogP contribution < -0.4 is 5.32 Å². The number of hydrogen-bond acceptors (Lipinski definition) is 3. The highest BCUT2D eigenvalue weighted by Crippen LogP contribution is 2.16. The van der Waals surface area contributed by atoms with Gasteiger partial charge in [0.2, 0.25) is 5.91 Å². The molecule has 0 aliphatic heterocycles. The van der Waals surface area contributed by atoms with Gasteiger partial charge in [-0.25, -0.2) is 0 Å². The van der Waals surface area contributed by atoms with Gasteiger partial charge in [0.15, 0.2) is 0 Å². The van der Waals surface area contributed by atoms with Crippen LogP contribution in [-0.4, -0.2) is 42.7 Å². The minimum atomic E-state index is 0.00777. The van der Waals surface area contributed by atoms with Crippen molar-refractivity contribution in [3.8, 4) is 0 Å². The van der Waals surface area contributed by atoms with Gasteiger partial charge >= 0.3 is 0 Å². The molecule has 0 fully saturated rings. The first-order valence-electron chi connectivity index (χ1n) is 7.37. The molecule has 1 atom stereocenters. The molecule has 5 heteroatoms. The molecule has 0 heterocycles. The third kappa shape index (κ3) is 7.60. The fraction of sp³-hybridized carbons (Fsp3) is 0.562. The number of rotatable bonds is 9. The lowest BCUT2D eigenvalue weighted by molar-refractivity contribution is -0.122. The average molecular weight is 357 g/mol. The third-order valence-electron chi connectivity index (χ3n) is 3.36. The zero-order valence-corrected chi connectivity index (χ0v) is 14.4. The Morgan fingerprint density at radius 3 is 2.57 bits per heavy atom. The second-order valence-electron chi connectivity index (χ2n) is 5.36. The van der Waals surface area contributed by atoms with Crippen molar-refractivity contribution in [2.45, 2.75) is 32.2 Å². The Morgan fingerprint density at radius 1 is 1.29 bits per heavy atom. The first-order valence-corrected chi connectivity index (χ1v) is 8.16. The van der Waals surface area contributed by atoms with E-state index >= 15 is 0 Å². The van der Waals surface area contributed by atoms with Gasteiger partial charge in [-0.2, -0.15) is 0 Å². The third-order valence-corrected chi connectivity index (χ3v) is 3.89. The summed E-state index contributed by atoms with van der Waals surface area (Å²) in [5, 5.41) is 11.7. The number of hydrogen-bond donors (Lipinski definition) is 2. The van der Waals surface area contributed by atoms with Gasteiger partial charge in [0.1, 0.15) is 0 Å². The number of likely N-dealkylation sites (N-methyl/N-ethyl adjacent to an activating group) is 1. The van der Waals surface area contributed by atoms with Gasteiger partial charge in [0.25, 0.3) is 0 Å². The second kappa shape index (κ2) is 9.92. The first-order chi connectivity index (χ1) is 10.0. The zero-order chi connectivity index (χ0) is 15.7. The number of amides is 1. The summed E-state index contributed by atoms with van der Waals surface area (Å²) < 4.78 is 1.03. The molecule has 0 radical (unpaired) electrons. The Bertz CT molecular complexity index is 423. The summed E-state index contributed by atoms with van der Waals surface area (Å²) in [5.41, 5.74) is 1.09. The summed E-state index contributed by atoms with van der Waals surface area (Å²) in [6, 6.07) is 7.98. The van der Waals surface area contributed by atoms with E-state index in [1.165, 1.54) is 0 Å². The number of carbonyl (C=O) groups is 1. The summed E-state index contributed by atoms with van der Waals surface area (Å²) in [5.74, 6) is 0.0371. The minimum Gasteiger partial charge on any atom is -0.396 e. The lowest BCUT2D eigenvalue weighted by atomic mass is 10.1. The number of nitrogens with one attached hydrogen (secondary N) is 1. The monoisotopic (exact) mass is 356 g/mol. The maximum absolute atomic E-state index is 12.0. The Balaban J connectivity index is 2.30. The highest BCUT2D eigenvalue weighted by atomic mass is 79.9. The van der Waals surface area contributed by atoms with Gasteiger partial charge in [-0.1, -0.05) is 28.1 Å². The van der Waals surface area contributed by atoms with Crippen molar-refractivity contribution < 1.29 is 9.90 Å². The van der Waals surface area contributed by atoms with Gasteiger partial charge < -0.3 is 10.4 Å². The molecule has 0 bridgehead atoms. The van der Waals surface area contributed by atoms with Crippen molar-refractivity contribution in [2.75, 3.05) is 26.7 Å². The normalized spacial score (nSPS) is 12.4. The number of aliphatic hydroxyl groups is 1. The molecular weight excluding hydrogens is 332 g/mol. The van der Waals surface area contributed by atoms with Crippen LogP contribution in [0.25, 0.3) is 0 Å². The van der Waals surface area contributed by atoms with E-state index in [2.05, 4.69) is 21.2 Å². The summed E-state index contributed by atoms with van der Waals surface area (Å²) >= 11 is 3.40. The predicted octanol–water partition coefficient (Wildman–Crippen LogP) is 2.72. The van der Waals surface area contributed by atoms with Crippen molar-refractivity contribution in [1.29, 1.82) is 0 Å². The molecular formula is C16H25BrN2O2. The second-order valence-corrected chi connectivity index (χ2v) is 6.28. The van der Waals surface area contributed by atoms with Crippen LogP contribution in [0.5, 0.6) is 0 Å². The maximum atomic E-state index is 12.0. The Hall–Kier alpha value is -0.910. The molecule has 1 amide bonds. The minimum absolute atomic E-state index is 0.00777. The number of halogens is 1. The van der Waals surface area contributed by atoms with Crippen molar-refractivity contribution >= 4 is 21.8 Å². The fourth-order valence-electron chi connectivity index (χ4n) is 2.12. The van der Waals surface area contributed by atoms with Crippen LogP contribution in [0.4, 0.5) is 0 Å². The van der Waals surface area contributed by atoms with E-state index in [0.717, 1.165) is 35.8 Å². The molecule has 1 unspecified atom stereocenters. The van der Waals surface area contributed by atoms with Gasteiger partial charge in [0.05, 0.1) is 12.6 Å².